The predicted molar refractivity (Wildman–Crippen MR) is 129 cm³/mol. The fraction of sp³-hybridized carbons (Fsp3) is 0.292. The van der Waals surface area contributed by atoms with Crippen LogP contribution in [-0.4, -0.2) is 68.2 Å². The van der Waals surface area contributed by atoms with Crippen LogP contribution >= 0.6 is 0 Å². The van der Waals surface area contributed by atoms with E-state index in [2.05, 4.69) is 10.4 Å². The molecule has 2 amide bonds. The lowest BCUT2D eigenvalue weighted by Gasteiger charge is -2.35. The molecule has 11 heteroatoms. The molecule has 0 spiro atoms. The van der Waals surface area contributed by atoms with E-state index in [9.17, 15) is 14.0 Å². The van der Waals surface area contributed by atoms with E-state index in [-0.39, 0.29) is 17.4 Å². The first-order valence-electron chi connectivity index (χ1n) is 10.9. The van der Waals surface area contributed by atoms with E-state index in [1.165, 1.54) is 56.3 Å². The first-order valence-corrected chi connectivity index (χ1v) is 10.9. The van der Waals surface area contributed by atoms with Crippen LogP contribution in [0, 0.1) is 5.82 Å². The van der Waals surface area contributed by atoms with Gasteiger partial charge in [-0.15, -0.1) is 5.10 Å². The highest BCUT2D eigenvalue weighted by Crippen LogP contribution is 2.40. The number of hydrogen-bond acceptors (Lipinski definition) is 7. The normalized spacial score (nSPS) is 13.4. The molecule has 1 aliphatic rings. The monoisotopic (exact) mass is 483 g/mol. The molecule has 0 aliphatic carbocycles. The molecular formula is C24H26FN5O5. The Bertz CT molecular complexity index is 1230. The Morgan fingerprint density at radius 1 is 0.914 bits per heavy atom. The first kappa shape index (κ1) is 23.9. The molecule has 3 aromatic rings. The Kier molecular flexibility index (Phi) is 7.04. The average molecular weight is 484 g/mol. The van der Waals surface area contributed by atoms with Crippen LogP contribution in [0.15, 0.2) is 53.3 Å². The van der Waals surface area contributed by atoms with Gasteiger partial charge >= 0.3 is 6.03 Å². The lowest BCUT2D eigenvalue weighted by molar-refractivity contribution is 0.208. The number of rotatable bonds is 6. The zero-order valence-corrected chi connectivity index (χ0v) is 19.7. The number of urea groups is 1. The molecule has 1 saturated heterocycles. The van der Waals surface area contributed by atoms with Crippen molar-refractivity contribution < 1.29 is 23.4 Å². The minimum Gasteiger partial charge on any atom is -0.493 e. The lowest BCUT2D eigenvalue weighted by atomic mass is 10.2. The summed E-state index contributed by atoms with van der Waals surface area (Å²) in [6, 6.07) is 11.7. The summed E-state index contributed by atoms with van der Waals surface area (Å²) >= 11 is 0. The molecule has 0 atom stereocenters. The number of nitrogens with one attached hydrogen (secondary N) is 1. The number of ether oxygens (including phenoxy) is 3. The van der Waals surface area contributed by atoms with Crippen molar-refractivity contribution in [3.63, 3.8) is 0 Å². The van der Waals surface area contributed by atoms with Gasteiger partial charge in [-0.2, -0.15) is 4.68 Å². The molecule has 35 heavy (non-hydrogen) atoms. The standard InChI is InChI=1S/C24H26FN5O5/c1-33-19-14-17(15-20(34-2)23(19)35-3)26-24(32)29-12-10-28(11-13-29)21-8-9-22(31)30(27-21)18-6-4-16(25)5-7-18/h4-9,14-15H,10-13H2,1-3H3,(H,26,32). The number of aromatic nitrogens is 2. The zero-order chi connectivity index (χ0) is 24.9. The Labute approximate surface area is 201 Å². The summed E-state index contributed by atoms with van der Waals surface area (Å²) in [5.41, 5.74) is 0.672. The summed E-state index contributed by atoms with van der Waals surface area (Å²) in [6.45, 7) is 1.95. The van der Waals surface area contributed by atoms with Crippen LogP contribution in [0.25, 0.3) is 5.69 Å². The topological polar surface area (TPSA) is 98.2 Å². The minimum atomic E-state index is -0.390. The number of carbonyl (C=O) groups excluding carboxylic acids is 1. The largest absolute Gasteiger partial charge is 0.493 e. The van der Waals surface area contributed by atoms with Crippen LogP contribution in [0.4, 0.5) is 20.7 Å². The molecule has 0 radical (unpaired) electrons. The molecule has 1 N–H and O–H groups in total. The van der Waals surface area contributed by atoms with Crippen LogP contribution in [0.5, 0.6) is 17.2 Å². The predicted octanol–water partition coefficient (Wildman–Crippen LogP) is 2.75. The minimum absolute atomic E-state index is 0.261. The second-order valence-electron chi connectivity index (χ2n) is 7.74. The number of anilines is 2. The van der Waals surface area contributed by atoms with Gasteiger partial charge in [0.25, 0.3) is 5.56 Å². The van der Waals surface area contributed by atoms with Gasteiger partial charge in [-0.3, -0.25) is 4.79 Å². The number of carbonyl (C=O) groups is 1. The van der Waals surface area contributed by atoms with Crippen molar-refractivity contribution in [2.24, 2.45) is 0 Å². The lowest BCUT2D eigenvalue weighted by Crippen LogP contribution is -2.50. The van der Waals surface area contributed by atoms with E-state index < -0.39 is 0 Å². The summed E-state index contributed by atoms with van der Waals surface area (Å²) in [4.78, 5) is 28.8. The van der Waals surface area contributed by atoms with Gasteiger partial charge < -0.3 is 29.3 Å². The Balaban J connectivity index is 1.43. The third kappa shape index (κ3) is 5.13. The molecule has 0 unspecified atom stereocenters. The second kappa shape index (κ2) is 10.3. The highest BCUT2D eigenvalue weighted by atomic mass is 19.1. The van der Waals surface area contributed by atoms with E-state index in [0.717, 1.165) is 0 Å². The SMILES string of the molecule is COc1cc(NC(=O)N2CCN(c3ccc(=O)n(-c4ccc(F)cc4)n3)CC2)cc(OC)c1OC. The number of hydrogen-bond donors (Lipinski definition) is 1. The van der Waals surface area contributed by atoms with Gasteiger partial charge in [0.2, 0.25) is 5.75 Å². The quantitative estimate of drug-likeness (QED) is 0.576. The summed E-state index contributed by atoms with van der Waals surface area (Å²) in [5, 5.41) is 7.31. The fourth-order valence-corrected chi connectivity index (χ4v) is 3.83. The van der Waals surface area contributed by atoms with Gasteiger partial charge in [0.15, 0.2) is 11.5 Å². The van der Waals surface area contributed by atoms with Gasteiger partial charge in [0.05, 0.1) is 32.7 Å². The second-order valence-corrected chi connectivity index (χ2v) is 7.74. The van der Waals surface area contributed by atoms with Crippen molar-refractivity contribution in [3.05, 3.63) is 64.7 Å². The zero-order valence-electron chi connectivity index (χ0n) is 19.7. The Morgan fingerprint density at radius 2 is 1.54 bits per heavy atom. The summed E-state index contributed by atoms with van der Waals surface area (Å²) in [5.74, 6) is 1.53. The molecule has 184 valence electrons. The number of methoxy groups -OCH3 is 3. The van der Waals surface area contributed by atoms with Gasteiger partial charge in [0.1, 0.15) is 11.6 Å². The third-order valence-corrected chi connectivity index (χ3v) is 5.66. The number of benzene rings is 2. The van der Waals surface area contributed by atoms with Gasteiger partial charge in [-0.1, -0.05) is 0 Å². The molecular weight excluding hydrogens is 457 g/mol. The summed E-state index contributed by atoms with van der Waals surface area (Å²) in [6.07, 6.45) is 0. The molecule has 0 saturated carbocycles. The number of halogens is 1. The van der Waals surface area contributed by atoms with Gasteiger partial charge in [-0.05, 0) is 30.3 Å². The Hall–Kier alpha value is -4.28. The van der Waals surface area contributed by atoms with Crippen LogP contribution in [0.2, 0.25) is 0 Å². The maximum absolute atomic E-state index is 13.3. The van der Waals surface area contributed by atoms with Crippen molar-refractivity contribution in [3.8, 4) is 22.9 Å². The molecule has 10 nitrogen and oxygen atoms in total. The molecule has 1 fully saturated rings. The summed E-state index contributed by atoms with van der Waals surface area (Å²) in [7, 11) is 4.53. The maximum atomic E-state index is 13.3. The van der Waals surface area contributed by atoms with Crippen LogP contribution in [0.1, 0.15) is 0 Å². The smallest absolute Gasteiger partial charge is 0.321 e. The van der Waals surface area contributed by atoms with Crippen LogP contribution in [0.3, 0.4) is 0 Å². The van der Waals surface area contributed by atoms with Crippen molar-refractivity contribution in [2.45, 2.75) is 0 Å². The van der Waals surface area contributed by atoms with E-state index in [1.54, 1.807) is 23.1 Å². The molecule has 2 heterocycles. The van der Waals surface area contributed by atoms with Crippen molar-refractivity contribution in [2.75, 3.05) is 57.7 Å². The number of nitrogens with zero attached hydrogens (tertiary/aromatic N) is 4. The van der Waals surface area contributed by atoms with Crippen LogP contribution < -0.4 is 30.0 Å². The third-order valence-electron chi connectivity index (χ3n) is 5.66. The highest BCUT2D eigenvalue weighted by molar-refractivity contribution is 5.90. The van der Waals surface area contributed by atoms with Crippen molar-refractivity contribution in [1.82, 2.24) is 14.7 Å². The van der Waals surface area contributed by atoms with E-state index in [4.69, 9.17) is 14.2 Å². The number of piperazine rings is 1. The molecule has 0 bridgehead atoms. The molecule has 1 aromatic heterocycles. The maximum Gasteiger partial charge on any atom is 0.321 e. The van der Waals surface area contributed by atoms with Crippen molar-refractivity contribution >= 4 is 17.5 Å². The van der Waals surface area contributed by atoms with E-state index >= 15 is 0 Å². The van der Waals surface area contributed by atoms with E-state index in [1.807, 2.05) is 4.90 Å². The molecule has 4 rings (SSSR count). The Morgan fingerprint density at radius 3 is 2.11 bits per heavy atom. The average Bonchev–Trinajstić information content (AvgIpc) is 2.89. The van der Waals surface area contributed by atoms with E-state index in [0.29, 0.717) is 60.6 Å². The fourth-order valence-electron chi connectivity index (χ4n) is 3.83. The van der Waals surface area contributed by atoms with Gasteiger partial charge in [0, 0.05) is 44.4 Å². The highest BCUT2D eigenvalue weighted by Gasteiger charge is 2.23. The molecule has 1 aliphatic heterocycles. The summed E-state index contributed by atoms with van der Waals surface area (Å²) < 4.78 is 30.5. The van der Waals surface area contributed by atoms with Gasteiger partial charge in [-0.25, -0.2) is 9.18 Å². The number of amides is 2. The molecule has 2 aromatic carbocycles. The first-order chi connectivity index (χ1) is 16.9. The van der Waals surface area contributed by atoms with Crippen LogP contribution in [-0.2, 0) is 0 Å². The van der Waals surface area contributed by atoms with Crippen molar-refractivity contribution in [1.29, 1.82) is 0 Å².